The van der Waals surface area contributed by atoms with Crippen LogP contribution >= 0.6 is 0 Å². The summed E-state index contributed by atoms with van der Waals surface area (Å²) in [6.07, 6.45) is 1.66. The molecular weight excluding hydrogens is 372 g/mol. The number of nitrogens with zero attached hydrogens (tertiary/aromatic N) is 4. The van der Waals surface area contributed by atoms with Crippen molar-refractivity contribution in [3.8, 4) is 5.75 Å². The number of benzene rings is 1. The van der Waals surface area contributed by atoms with E-state index in [1.54, 1.807) is 18.7 Å². The molecule has 0 aliphatic carbocycles. The van der Waals surface area contributed by atoms with Crippen molar-refractivity contribution in [3.63, 3.8) is 0 Å². The summed E-state index contributed by atoms with van der Waals surface area (Å²) in [4.78, 5) is 42.4. The molecule has 8 heteroatoms. The number of aryl methyl sites for hydroxylation is 2. The second kappa shape index (κ2) is 6.58. The number of aromatic nitrogens is 4. The maximum absolute atomic E-state index is 12.9. The molecule has 29 heavy (non-hydrogen) atoms. The summed E-state index contributed by atoms with van der Waals surface area (Å²) in [6, 6.07) is 7.64. The van der Waals surface area contributed by atoms with Gasteiger partial charge in [0.25, 0.3) is 5.56 Å². The number of ketones is 1. The number of hydrogen-bond acceptors (Lipinski definition) is 5. The van der Waals surface area contributed by atoms with E-state index < -0.39 is 16.7 Å². The molecule has 1 aromatic carbocycles. The number of imidazole rings is 1. The number of carbonyl (C=O) groups excluding carboxylic acids is 1. The van der Waals surface area contributed by atoms with Crippen molar-refractivity contribution in [2.75, 3.05) is 6.61 Å². The Bertz CT molecular complexity index is 1280. The van der Waals surface area contributed by atoms with Crippen LogP contribution in [0.1, 0.15) is 18.9 Å². The van der Waals surface area contributed by atoms with Gasteiger partial charge in [0.05, 0.1) is 19.5 Å². The molecular formula is C21H22N4O4. The van der Waals surface area contributed by atoms with Gasteiger partial charge in [-0.25, -0.2) is 9.78 Å². The Hall–Kier alpha value is -3.42. The zero-order valence-corrected chi connectivity index (χ0v) is 16.6. The number of allylic oxidation sites excluding steroid dienone is 1. The van der Waals surface area contributed by atoms with E-state index in [0.717, 1.165) is 15.9 Å². The van der Waals surface area contributed by atoms with Crippen molar-refractivity contribution in [2.45, 2.75) is 25.3 Å². The van der Waals surface area contributed by atoms with Crippen molar-refractivity contribution in [2.24, 2.45) is 14.1 Å². The van der Waals surface area contributed by atoms with E-state index in [-0.39, 0.29) is 29.8 Å². The molecule has 0 bridgehead atoms. The first kappa shape index (κ1) is 18.9. The minimum absolute atomic E-state index is 0.171. The van der Waals surface area contributed by atoms with E-state index in [4.69, 9.17) is 4.74 Å². The lowest BCUT2D eigenvalue weighted by Crippen LogP contribution is -2.40. The van der Waals surface area contributed by atoms with Crippen LogP contribution in [-0.2, 0) is 30.8 Å². The highest BCUT2D eigenvalue weighted by Gasteiger charge is 2.38. The van der Waals surface area contributed by atoms with Crippen LogP contribution in [0.2, 0.25) is 0 Å². The van der Waals surface area contributed by atoms with Gasteiger partial charge < -0.3 is 9.30 Å². The first-order valence-corrected chi connectivity index (χ1v) is 9.27. The molecule has 4 rings (SSSR count). The highest BCUT2D eigenvalue weighted by molar-refractivity contribution is 5.95. The predicted molar refractivity (Wildman–Crippen MR) is 108 cm³/mol. The summed E-state index contributed by atoms with van der Waals surface area (Å²) in [5.74, 6) is 0.571. The van der Waals surface area contributed by atoms with Crippen LogP contribution in [0.3, 0.4) is 0 Å². The lowest BCUT2D eigenvalue weighted by Gasteiger charge is -2.22. The molecule has 0 saturated heterocycles. The van der Waals surface area contributed by atoms with E-state index in [1.807, 2.05) is 31.2 Å². The Morgan fingerprint density at radius 2 is 2.00 bits per heavy atom. The molecule has 0 fully saturated rings. The smallest absolute Gasteiger partial charge is 0.332 e. The predicted octanol–water partition coefficient (Wildman–Crippen LogP) is 1.30. The third-order valence-corrected chi connectivity index (χ3v) is 5.57. The molecule has 3 heterocycles. The summed E-state index contributed by atoms with van der Waals surface area (Å²) in [5, 5.41) is 0. The Morgan fingerprint density at radius 3 is 2.76 bits per heavy atom. The summed E-state index contributed by atoms with van der Waals surface area (Å²) >= 11 is 0. The van der Waals surface area contributed by atoms with Gasteiger partial charge in [-0.15, -0.1) is 0 Å². The quantitative estimate of drug-likeness (QED) is 0.609. The SMILES string of the molecule is C=C(Cn1c(=O)c2ncn(C)c2n(C)c1=O)C(=O)CC1(C)COc2ccccc21. The normalized spacial score (nSPS) is 17.9. The average molecular weight is 394 g/mol. The van der Waals surface area contributed by atoms with E-state index in [2.05, 4.69) is 11.6 Å². The van der Waals surface area contributed by atoms with E-state index in [9.17, 15) is 14.4 Å². The zero-order valence-electron chi connectivity index (χ0n) is 16.6. The molecule has 2 aromatic heterocycles. The number of fused-ring (bicyclic) bond motifs is 2. The molecule has 8 nitrogen and oxygen atoms in total. The van der Waals surface area contributed by atoms with Crippen LogP contribution < -0.4 is 16.0 Å². The molecule has 0 saturated carbocycles. The van der Waals surface area contributed by atoms with Crippen molar-refractivity contribution >= 4 is 16.9 Å². The van der Waals surface area contributed by atoms with Crippen molar-refractivity contribution in [3.05, 3.63) is 69.1 Å². The lowest BCUT2D eigenvalue weighted by molar-refractivity contribution is -0.117. The molecule has 0 spiro atoms. The third kappa shape index (κ3) is 2.91. The second-order valence-electron chi connectivity index (χ2n) is 7.81. The Balaban J connectivity index is 1.62. The van der Waals surface area contributed by atoms with Crippen LogP contribution in [0.4, 0.5) is 0 Å². The number of hydrogen-bond donors (Lipinski definition) is 0. The monoisotopic (exact) mass is 394 g/mol. The van der Waals surface area contributed by atoms with Gasteiger partial charge in [0, 0.05) is 37.1 Å². The Labute approximate surface area is 166 Å². The fourth-order valence-corrected chi connectivity index (χ4v) is 3.91. The number of carbonyl (C=O) groups is 1. The number of Topliss-reactive ketones (excluding diaryl/α,β-unsaturated/α-hetero) is 1. The molecule has 1 unspecified atom stereocenters. The van der Waals surface area contributed by atoms with Gasteiger partial charge in [-0.2, -0.15) is 0 Å². The molecule has 0 amide bonds. The second-order valence-corrected chi connectivity index (χ2v) is 7.81. The van der Waals surface area contributed by atoms with Gasteiger partial charge in [0.1, 0.15) is 11.4 Å². The minimum atomic E-state index is -0.529. The molecule has 3 aromatic rings. The van der Waals surface area contributed by atoms with Crippen LogP contribution in [0, 0.1) is 0 Å². The average Bonchev–Trinajstić information content (AvgIpc) is 3.24. The summed E-state index contributed by atoms with van der Waals surface area (Å²) < 4.78 is 9.69. The number of rotatable bonds is 5. The highest BCUT2D eigenvalue weighted by atomic mass is 16.5. The summed E-state index contributed by atoms with van der Waals surface area (Å²) in [5.41, 5.74) is 0.270. The molecule has 0 N–H and O–H groups in total. The van der Waals surface area contributed by atoms with Gasteiger partial charge in [0.2, 0.25) is 0 Å². The van der Waals surface area contributed by atoms with Gasteiger partial charge in [-0.05, 0) is 6.07 Å². The van der Waals surface area contributed by atoms with Crippen molar-refractivity contribution in [1.82, 2.24) is 18.7 Å². The number of para-hydroxylation sites is 1. The fourth-order valence-electron chi connectivity index (χ4n) is 3.91. The van der Waals surface area contributed by atoms with E-state index in [1.165, 1.54) is 10.9 Å². The van der Waals surface area contributed by atoms with Gasteiger partial charge in [0.15, 0.2) is 11.3 Å². The fraction of sp³-hybridized carbons (Fsp3) is 0.333. The third-order valence-electron chi connectivity index (χ3n) is 5.57. The standard InChI is InChI=1S/C21H22N4O4/c1-13(15(26)9-21(2)11-29-16-8-6-5-7-14(16)21)10-25-19(27)17-18(23(3)12-22-17)24(4)20(25)28/h5-8,12H,1,9-11H2,2-4H3. The molecule has 150 valence electrons. The maximum atomic E-state index is 12.9. The molecule has 1 aliphatic rings. The van der Waals surface area contributed by atoms with E-state index in [0.29, 0.717) is 12.3 Å². The Kier molecular flexibility index (Phi) is 4.29. The Morgan fingerprint density at radius 1 is 1.28 bits per heavy atom. The molecule has 1 atom stereocenters. The largest absolute Gasteiger partial charge is 0.492 e. The minimum Gasteiger partial charge on any atom is -0.492 e. The van der Waals surface area contributed by atoms with Crippen LogP contribution in [0.15, 0.2) is 52.3 Å². The zero-order chi connectivity index (χ0) is 20.9. The first-order valence-electron chi connectivity index (χ1n) is 9.27. The van der Waals surface area contributed by atoms with Crippen LogP contribution in [0.25, 0.3) is 11.2 Å². The van der Waals surface area contributed by atoms with Gasteiger partial charge in [-0.1, -0.05) is 31.7 Å². The van der Waals surface area contributed by atoms with Crippen LogP contribution in [-0.4, -0.2) is 31.1 Å². The van der Waals surface area contributed by atoms with Crippen molar-refractivity contribution < 1.29 is 9.53 Å². The lowest BCUT2D eigenvalue weighted by atomic mass is 9.79. The van der Waals surface area contributed by atoms with Crippen LogP contribution in [0.5, 0.6) is 5.75 Å². The van der Waals surface area contributed by atoms with Gasteiger partial charge in [-0.3, -0.25) is 18.7 Å². The number of ether oxygens (including phenoxy) is 1. The topological polar surface area (TPSA) is 88.1 Å². The highest BCUT2D eigenvalue weighted by Crippen LogP contribution is 2.41. The van der Waals surface area contributed by atoms with Gasteiger partial charge >= 0.3 is 5.69 Å². The van der Waals surface area contributed by atoms with Crippen molar-refractivity contribution in [1.29, 1.82) is 0 Å². The molecule has 1 aliphatic heterocycles. The maximum Gasteiger partial charge on any atom is 0.332 e. The van der Waals surface area contributed by atoms with E-state index >= 15 is 0 Å². The molecule has 0 radical (unpaired) electrons. The summed E-state index contributed by atoms with van der Waals surface area (Å²) in [6.45, 7) is 6.04. The summed E-state index contributed by atoms with van der Waals surface area (Å²) in [7, 11) is 3.28. The first-order chi connectivity index (χ1) is 13.7.